The number of rotatable bonds is 29. The number of thiazole rings is 1. The lowest BCUT2D eigenvalue weighted by Crippen LogP contribution is -2.55. The summed E-state index contributed by atoms with van der Waals surface area (Å²) in [5.74, 6) is -1.77. The Morgan fingerprint density at radius 2 is 1.63 bits per heavy atom. The number of aromatic nitrogens is 2. The molecule has 2 aromatic heterocycles. The third-order valence-electron chi connectivity index (χ3n) is 20.6. The number of carbonyl (C=O) groups is 4. The van der Waals surface area contributed by atoms with Crippen molar-refractivity contribution in [2.45, 2.75) is 143 Å². The maximum atomic E-state index is 14.6. The Morgan fingerprint density at radius 3 is 2.36 bits per heavy atom. The molecule has 578 valence electrons. The Morgan fingerprint density at radius 1 is 0.880 bits per heavy atom. The monoisotopic (exact) mass is 1580 g/mol. The molecule has 5 atom stereocenters. The summed E-state index contributed by atoms with van der Waals surface area (Å²) < 4.78 is 118. The van der Waals surface area contributed by atoms with Gasteiger partial charge in [-0.2, -0.15) is 13.2 Å². The summed E-state index contributed by atoms with van der Waals surface area (Å²) in [5, 5.41) is 32.1. The highest BCUT2D eigenvalue weighted by Crippen LogP contribution is 2.45. The molecule has 12 rings (SSSR count). The first-order valence-electron chi connectivity index (χ1n) is 36.3. The van der Waals surface area contributed by atoms with Crippen molar-refractivity contribution in [3.8, 4) is 22.1 Å². The summed E-state index contributed by atoms with van der Waals surface area (Å²) in [6.07, 6.45) is 3.57. The minimum Gasteiger partial charge on any atom is -0.487 e. The van der Waals surface area contributed by atoms with E-state index in [1.54, 1.807) is 28.6 Å². The van der Waals surface area contributed by atoms with Gasteiger partial charge in [0.2, 0.25) is 17.7 Å². The number of alkyl halides is 3. The van der Waals surface area contributed by atoms with Gasteiger partial charge in [0.25, 0.3) is 31.6 Å². The number of hydrogen-bond acceptors (Lipinski definition) is 21. The molecule has 0 unspecified atom stereocenters. The second-order valence-corrected chi connectivity index (χ2v) is 35.2. The van der Waals surface area contributed by atoms with Crippen LogP contribution < -0.4 is 29.7 Å². The lowest BCUT2D eigenvalue weighted by atomic mass is 9.72. The smallest absolute Gasteiger partial charge is 0.487 e. The zero-order valence-electron chi connectivity index (χ0n) is 60.5. The molecule has 3 saturated heterocycles. The Bertz CT molecular complexity index is 4620. The largest absolute Gasteiger partial charge is 0.501 e. The number of aliphatic hydroxyl groups is 2. The number of thioether (sulfide) groups is 1. The van der Waals surface area contributed by atoms with Crippen LogP contribution in [-0.4, -0.2) is 195 Å². The van der Waals surface area contributed by atoms with Crippen LogP contribution in [0, 0.1) is 11.3 Å². The van der Waals surface area contributed by atoms with E-state index < -0.39 is 82.7 Å². The molecule has 0 saturated carbocycles. The molecule has 0 bridgehead atoms. The van der Waals surface area contributed by atoms with E-state index in [1.807, 2.05) is 84.1 Å². The molecule has 5 aliphatic rings. The number of hydrogen-bond donors (Lipinski definition) is 5. The first kappa shape index (κ1) is 79.5. The van der Waals surface area contributed by atoms with Crippen molar-refractivity contribution >= 4 is 95.1 Å². The highest BCUT2D eigenvalue weighted by atomic mass is 35.5. The molecular formula is C77H90ClF3N10O13S4. The summed E-state index contributed by atoms with van der Waals surface area (Å²) in [4.78, 5) is 68.8. The number of likely N-dealkylation sites (tertiary alicyclic amines) is 1. The van der Waals surface area contributed by atoms with Gasteiger partial charge in [-0.05, 0) is 151 Å². The van der Waals surface area contributed by atoms with Crippen molar-refractivity contribution in [2.24, 2.45) is 11.3 Å². The fourth-order valence-electron chi connectivity index (χ4n) is 14.7. The molecule has 23 nitrogen and oxygen atoms in total. The third-order valence-corrected chi connectivity index (χ3v) is 25.8. The number of nitrogens with one attached hydrogen (secondary N) is 3. The number of benzene rings is 5. The van der Waals surface area contributed by atoms with E-state index in [9.17, 15) is 59.4 Å². The van der Waals surface area contributed by atoms with Crippen LogP contribution in [-0.2, 0) is 47.4 Å². The number of halogens is 4. The van der Waals surface area contributed by atoms with Crippen molar-refractivity contribution in [3.05, 3.63) is 166 Å². The first-order valence-corrected chi connectivity index (χ1v) is 41.5. The van der Waals surface area contributed by atoms with Gasteiger partial charge in [-0.1, -0.05) is 81.3 Å². The number of aliphatic hydroxyl groups excluding tert-OH is 2. The van der Waals surface area contributed by atoms with Crippen molar-refractivity contribution in [2.75, 3.05) is 94.6 Å². The fourth-order valence-corrected chi connectivity index (χ4v) is 18.7. The van der Waals surface area contributed by atoms with E-state index in [0.717, 1.165) is 70.1 Å². The van der Waals surface area contributed by atoms with Crippen LogP contribution in [0.2, 0.25) is 5.02 Å². The number of unbranched alkanes of at least 4 members (excludes halogenated alkanes) is 1. The number of ether oxygens (including phenoxy) is 2. The van der Waals surface area contributed by atoms with E-state index >= 15 is 0 Å². The fraction of sp³-hybridized carbons (Fsp3) is 0.455. The number of amides is 4. The number of piperazine rings is 2. The van der Waals surface area contributed by atoms with Gasteiger partial charge >= 0.3 is 5.51 Å². The van der Waals surface area contributed by atoms with Crippen molar-refractivity contribution in [3.63, 3.8) is 0 Å². The van der Waals surface area contributed by atoms with E-state index in [4.69, 9.17) is 25.6 Å². The second-order valence-electron chi connectivity index (χ2n) is 29.2. The highest BCUT2D eigenvalue weighted by Gasteiger charge is 2.49. The summed E-state index contributed by atoms with van der Waals surface area (Å²) in [5.41, 5.74) is 2.59. The average molecular weight is 1580 g/mol. The topological polar surface area (TPSA) is 287 Å². The van der Waals surface area contributed by atoms with E-state index in [1.165, 1.54) is 51.3 Å². The Hall–Kier alpha value is -8.07. The predicted molar refractivity (Wildman–Crippen MR) is 407 cm³/mol. The molecule has 5 N–H and O–H groups in total. The zero-order chi connectivity index (χ0) is 76.7. The van der Waals surface area contributed by atoms with Gasteiger partial charge in [0, 0.05) is 129 Å². The summed E-state index contributed by atoms with van der Waals surface area (Å²) >= 11 is 9.16. The predicted octanol–water partition coefficient (Wildman–Crippen LogP) is 11.3. The molecule has 1 aliphatic carbocycles. The van der Waals surface area contributed by atoms with E-state index in [-0.39, 0.29) is 85.4 Å². The number of allylic oxidation sites excluding steroid dienone is 1. The highest BCUT2D eigenvalue weighted by molar-refractivity contribution is 7.99. The minimum atomic E-state index is -6.21. The molecule has 3 fully saturated rings. The van der Waals surface area contributed by atoms with Crippen LogP contribution >= 0.6 is 34.7 Å². The zero-order valence-corrected chi connectivity index (χ0v) is 64.5. The maximum absolute atomic E-state index is 14.6. The Kier molecular flexibility index (Phi) is 25.4. The van der Waals surface area contributed by atoms with Crippen molar-refractivity contribution in [1.82, 2.24) is 39.8 Å². The number of sulfonamides is 1. The number of nitrogens with zero attached hydrogens (tertiary/aromatic N) is 7. The van der Waals surface area contributed by atoms with Crippen LogP contribution in [0.3, 0.4) is 0 Å². The lowest BCUT2D eigenvalue weighted by Gasteiger charge is -2.43. The lowest BCUT2D eigenvalue weighted by molar-refractivity contribution is -0.141. The Labute approximate surface area is 640 Å². The molecule has 108 heavy (non-hydrogen) atoms. The molecule has 0 spiro atoms. The normalized spacial score (nSPS) is 19.1. The summed E-state index contributed by atoms with van der Waals surface area (Å²) in [6.45, 7) is 13.4. The number of carbonyl (C=O) groups excluding carboxylic acids is 4. The quantitative estimate of drug-likeness (QED) is 0.0215. The van der Waals surface area contributed by atoms with Crippen LogP contribution in [0.4, 0.5) is 24.5 Å². The van der Waals surface area contributed by atoms with Gasteiger partial charge < -0.3 is 49.5 Å². The molecule has 31 heteroatoms. The second kappa shape index (κ2) is 34.5. The van der Waals surface area contributed by atoms with Crippen LogP contribution in [0.1, 0.15) is 118 Å². The number of β-amino-alcohol motifs (C(OH)–C–C–N with tert-alkyl or cyclic N) is 1. The van der Waals surface area contributed by atoms with Crippen LogP contribution in [0.25, 0.3) is 16.0 Å². The molecule has 0 radical (unpaired) electrons. The standard InChI is InChI=1S/C77H90ClF3N10O13S4/c1-49(2)71(75(97)91-44-58(93)37-65(91)74(96)82-41-50-13-23-62-66(36-50)103-46-64-72(62)106-48-83-64)67-39-69(85-104-67)102-35-9-8-12-70(94)89-32-29-87(30-33-89)28-26-55(47-105-59-10-6-5-7-11-59)84-63-24-22-60(38-68(63)107(98,99)77(79,80)81)108(100,101)86-73(95)52-16-20-56(21-17-52)90-34-31-88(43-57(90)45-92)42-53-40-76(3,4)27-25-61(53)51-14-18-54(78)19-15-51/h5-7,10-11,13-24,36,38-39,48-49,55,57-58,65,71,84,92-93H,8-9,12,25-35,37,40-47H2,1-4H3,(H,82,96)(H,86,95)/t55-,57+,58-,65+,71-/m1/s1. The van der Waals surface area contributed by atoms with Gasteiger partial charge in [-0.25, -0.2) is 26.5 Å². The van der Waals surface area contributed by atoms with Crippen LogP contribution in [0.15, 0.2) is 152 Å². The van der Waals surface area contributed by atoms with E-state index in [2.05, 4.69) is 56.6 Å². The Balaban J connectivity index is 0.612. The van der Waals surface area contributed by atoms with Gasteiger partial charge in [-0.15, -0.1) is 23.1 Å². The molecule has 6 heterocycles. The van der Waals surface area contributed by atoms with Gasteiger partial charge in [0.05, 0.1) is 52.0 Å². The van der Waals surface area contributed by atoms with Gasteiger partial charge in [-0.3, -0.25) is 29.0 Å². The summed E-state index contributed by atoms with van der Waals surface area (Å²) in [6, 6.07) is 30.8. The third kappa shape index (κ3) is 19.2. The molecule has 5 aromatic carbocycles. The van der Waals surface area contributed by atoms with Gasteiger partial charge in [0.1, 0.15) is 29.2 Å². The number of sulfone groups is 1. The number of fused-ring (bicyclic) bond motifs is 3. The van der Waals surface area contributed by atoms with Crippen LogP contribution in [0.5, 0.6) is 11.6 Å². The molecular weight excluding hydrogens is 1490 g/mol. The molecule has 7 aromatic rings. The van der Waals surface area contributed by atoms with E-state index in [0.29, 0.717) is 101 Å². The molecule has 4 aliphatic heterocycles. The van der Waals surface area contributed by atoms with Crippen molar-refractivity contribution in [1.29, 1.82) is 0 Å². The van der Waals surface area contributed by atoms with Crippen molar-refractivity contribution < 1.29 is 73.4 Å². The minimum absolute atomic E-state index is 0.0365. The van der Waals surface area contributed by atoms with Gasteiger partial charge in [0.15, 0.2) is 5.76 Å². The first-order chi connectivity index (χ1) is 51.6. The molecule has 4 amide bonds. The summed E-state index contributed by atoms with van der Waals surface area (Å²) in [7, 11) is -11.2. The SMILES string of the molecule is CC(C)[C@@H](C(=O)N1C[C@H](O)C[C@H]1C(=O)NCc1ccc2c(c1)OCc1ncsc1-2)c1cc(OCCCCC(=O)N2CCN(CC[C@H](CSc3ccccc3)Nc3ccc(S(=O)(=O)NC(=O)c4ccc(N5CCN(CC6=C(c7ccc(Cl)cc7)CCC(C)(C)C6)C[C@H]5CO)cc4)cc3S(=O)(=O)C(F)(F)F)CC2)no1. The average Bonchev–Trinajstić information content (AvgIpc) is 0.930. The maximum Gasteiger partial charge on any atom is 0.501 e. The number of anilines is 2.